The summed E-state index contributed by atoms with van der Waals surface area (Å²) in [5.74, 6) is 0.524. The Bertz CT molecular complexity index is 700. The highest BCUT2D eigenvalue weighted by Gasteiger charge is 2.28. The number of nitrogens with zero attached hydrogens (tertiary/aromatic N) is 2. The predicted molar refractivity (Wildman–Crippen MR) is 90.6 cm³/mol. The molecule has 1 aromatic carbocycles. The minimum Gasteiger partial charge on any atom is -0.388 e. The van der Waals surface area contributed by atoms with E-state index in [2.05, 4.69) is 9.88 Å². The molecule has 1 aliphatic rings. The maximum absolute atomic E-state index is 13.0. The molecule has 3 rings (SSSR count). The molecule has 4 nitrogen and oxygen atoms in total. The van der Waals surface area contributed by atoms with Crippen LogP contribution in [0.25, 0.3) is 0 Å². The zero-order chi connectivity index (χ0) is 17.1. The Labute approximate surface area is 141 Å². The predicted octanol–water partition coefficient (Wildman–Crippen LogP) is 3.52. The van der Waals surface area contributed by atoms with E-state index < -0.39 is 6.10 Å². The number of aliphatic hydroxyl groups is 1. The molecule has 0 amide bonds. The van der Waals surface area contributed by atoms with E-state index >= 15 is 0 Å². The van der Waals surface area contributed by atoms with Crippen LogP contribution in [0.15, 0.2) is 42.6 Å². The van der Waals surface area contributed by atoms with Gasteiger partial charge in [-0.05, 0) is 56.0 Å². The van der Waals surface area contributed by atoms with E-state index in [4.69, 9.17) is 0 Å². The highest BCUT2D eigenvalue weighted by molar-refractivity contribution is 5.93. The van der Waals surface area contributed by atoms with Gasteiger partial charge in [-0.1, -0.05) is 12.1 Å². The highest BCUT2D eigenvalue weighted by Crippen LogP contribution is 2.30. The molecule has 1 fully saturated rings. The van der Waals surface area contributed by atoms with E-state index in [0.29, 0.717) is 12.0 Å². The van der Waals surface area contributed by atoms with Crippen molar-refractivity contribution in [1.82, 2.24) is 4.98 Å². The van der Waals surface area contributed by atoms with Crippen molar-refractivity contribution in [2.24, 2.45) is 0 Å². The maximum atomic E-state index is 13.0. The topological polar surface area (TPSA) is 53.4 Å². The van der Waals surface area contributed by atoms with Crippen LogP contribution in [0, 0.1) is 5.82 Å². The van der Waals surface area contributed by atoms with Crippen LogP contribution in [0.5, 0.6) is 0 Å². The molecule has 1 saturated heterocycles. The first-order valence-electron chi connectivity index (χ1n) is 8.22. The molecule has 2 atom stereocenters. The number of aliphatic hydroxyl groups excluding tert-OH is 1. The number of hydrogen-bond acceptors (Lipinski definition) is 4. The molecule has 1 aromatic heterocycles. The van der Waals surface area contributed by atoms with E-state index in [1.54, 1.807) is 24.4 Å². The third-order valence-electron chi connectivity index (χ3n) is 4.58. The summed E-state index contributed by atoms with van der Waals surface area (Å²) in [7, 11) is 0. The van der Waals surface area contributed by atoms with Crippen LogP contribution in [0.3, 0.4) is 0 Å². The fourth-order valence-corrected chi connectivity index (χ4v) is 3.23. The summed E-state index contributed by atoms with van der Waals surface area (Å²) in [4.78, 5) is 17.9. The molecule has 24 heavy (non-hydrogen) atoms. The number of carbonyl (C=O) groups is 1. The Kier molecular flexibility index (Phi) is 4.90. The van der Waals surface area contributed by atoms with Crippen molar-refractivity contribution in [2.75, 3.05) is 11.4 Å². The summed E-state index contributed by atoms with van der Waals surface area (Å²) in [5.41, 5.74) is 1.32. The molecule has 0 bridgehead atoms. The fourth-order valence-electron chi connectivity index (χ4n) is 3.23. The Morgan fingerprint density at radius 1 is 1.33 bits per heavy atom. The molecule has 5 heteroatoms. The average molecular weight is 328 g/mol. The van der Waals surface area contributed by atoms with Gasteiger partial charge in [0.1, 0.15) is 11.6 Å². The van der Waals surface area contributed by atoms with Gasteiger partial charge in [-0.15, -0.1) is 0 Å². The lowest BCUT2D eigenvalue weighted by molar-refractivity contribution is 0.101. The molecule has 0 spiro atoms. The number of pyridine rings is 1. The Morgan fingerprint density at radius 3 is 2.71 bits per heavy atom. The van der Waals surface area contributed by atoms with Gasteiger partial charge in [0.2, 0.25) is 0 Å². The van der Waals surface area contributed by atoms with Crippen molar-refractivity contribution in [1.29, 1.82) is 0 Å². The first-order chi connectivity index (χ1) is 11.5. The zero-order valence-corrected chi connectivity index (χ0v) is 13.7. The van der Waals surface area contributed by atoms with Gasteiger partial charge in [0, 0.05) is 24.3 Å². The molecular formula is C19H21FN2O2. The Hall–Kier alpha value is -2.27. The number of carbonyl (C=O) groups excluding carboxylic acids is 1. The lowest BCUT2D eigenvalue weighted by Gasteiger charge is -2.27. The van der Waals surface area contributed by atoms with Crippen molar-refractivity contribution < 1.29 is 14.3 Å². The molecule has 0 radical (unpaired) electrons. The third kappa shape index (κ3) is 3.62. The highest BCUT2D eigenvalue weighted by atomic mass is 19.1. The number of aromatic nitrogens is 1. The minimum absolute atomic E-state index is 0.00115. The number of Topliss-reactive ketones (excluding diaryl/α,β-unsaturated/α-hetero) is 1. The molecule has 2 heterocycles. The van der Waals surface area contributed by atoms with Gasteiger partial charge >= 0.3 is 0 Å². The summed E-state index contributed by atoms with van der Waals surface area (Å²) in [6, 6.07) is 9.81. The standard InChI is InChI=1S/C19H21FN2O2/c1-13(23)15-6-9-19(21-12-15)22-10-2-3-17(22)11-18(24)14-4-7-16(20)8-5-14/h4-9,12,17-18,24H,2-3,10-11H2,1H3/t17-,18+/m0/s1. The monoisotopic (exact) mass is 328 g/mol. The number of benzene rings is 1. The normalized spacial score (nSPS) is 18.6. The third-order valence-corrected chi connectivity index (χ3v) is 4.58. The number of anilines is 1. The fraction of sp³-hybridized carbons (Fsp3) is 0.368. The molecule has 0 saturated carbocycles. The van der Waals surface area contributed by atoms with Gasteiger partial charge in [0.25, 0.3) is 0 Å². The Morgan fingerprint density at radius 2 is 2.08 bits per heavy atom. The van der Waals surface area contributed by atoms with Crippen LogP contribution in [-0.2, 0) is 0 Å². The second-order valence-corrected chi connectivity index (χ2v) is 6.25. The van der Waals surface area contributed by atoms with Crippen molar-refractivity contribution in [3.05, 3.63) is 59.5 Å². The minimum atomic E-state index is -0.632. The molecule has 2 aromatic rings. The number of ketones is 1. The van der Waals surface area contributed by atoms with Gasteiger partial charge in [-0.2, -0.15) is 0 Å². The van der Waals surface area contributed by atoms with E-state index in [-0.39, 0.29) is 17.6 Å². The summed E-state index contributed by atoms with van der Waals surface area (Å²) in [5, 5.41) is 10.4. The summed E-state index contributed by atoms with van der Waals surface area (Å²) < 4.78 is 13.0. The van der Waals surface area contributed by atoms with Crippen molar-refractivity contribution >= 4 is 11.6 Å². The van der Waals surface area contributed by atoms with Crippen molar-refractivity contribution in [3.63, 3.8) is 0 Å². The lowest BCUT2D eigenvalue weighted by Crippen LogP contribution is -2.31. The summed E-state index contributed by atoms with van der Waals surface area (Å²) >= 11 is 0. The van der Waals surface area contributed by atoms with Gasteiger partial charge in [0.05, 0.1) is 6.10 Å². The van der Waals surface area contributed by atoms with Crippen molar-refractivity contribution in [3.8, 4) is 0 Å². The number of halogens is 1. The van der Waals surface area contributed by atoms with Gasteiger partial charge in [0.15, 0.2) is 5.78 Å². The zero-order valence-electron chi connectivity index (χ0n) is 13.7. The summed E-state index contributed by atoms with van der Waals surface area (Å²) in [6.45, 7) is 2.40. The van der Waals surface area contributed by atoms with E-state index in [1.165, 1.54) is 19.1 Å². The lowest BCUT2D eigenvalue weighted by atomic mass is 10.0. The molecule has 1 N–H and O–H groups in total. The second-order valence-electron chi connectivity index (χ2n) is 6.25. The number of rotatable bonds is 5. The molecule has 126 valence electrons. The first-order valence-corrected chi connectivity index (χ1v) is 8.22. The van der Waals surface area contributed by atoms with Gasteiger partial charge < -0.3 is 10.0 Å². The van der Waals surface area contributed by atoms with Crippen LogP contribution >= 0.6 is 0 Å². The second kappa shape index (κ2) is 7.09. The SMILES string of the molecule is CC(=O)c1ccc(N2CCC[C@H]2C[C@@H](O)c2ccc(F)cc2)nc1. The molecule has 0 aliphatic carbocycles. The van der Waals surface area contributed by atoms with Crippen LogP contribution in [-0.4, -0.2) is 28.5 Å². The summed E-state index contributed by atoms with van der Waals surface area (Å²) in [6.07, 6.45) is 3.56. The molecular weight excluding hydrogens is 307 g/mol. The maximum Gasteiger partial charge on any atom is 0.161 e. The average Bonchev–Trinajstić information content (AvgIpc) is 3.03. The van der Waals surface area contributed by atoms with Gasteiger partial charge in [-0.3, -0.25) is 4.79 Å². The van der Waals surface area contributed by atoms with Crippen LogP contribution in [0.1, 0.15) is 48.2 Å². The smallest absolute Gasteiger partial charge is 0.161 e. The van der Waals surface area contributed by atoms with Crippen molar-refractivity contribution in [2.45, 2.75) is 38.3 Å². The van der Waals surface area contributed by atoms with Crippen LogP contribution < -0.4 is 4.90 Å². The van der Waals surface area contributed by atoms with E-state index in [1.807, 2.05) is 6.07 Å². The van der Waals surface area contributed by atoms with E-state index in [0.717, 1.165) is 30.8 Å². The molecule has 0 unspecified atom stereocenters. The van der Waals surface area contributed by atoms with E-state index in [9.17, 15) is 14.3 Å². The number of hydrogen-bond donors (Lipinski definition) is 1. The Balaban J connectivity index is 1.70. The quantitative estimate of drug-likeness (QED) is 0.853. The van der Waals surface area contributed by atoms with Crippen LogP contribution in [0.4, 0.5) is 10.2 Å². The molecule has 1 aliphatic heterocycles. The first kappa shape index (κ1) is 16.6. The van der Waals surface area contributed by atoms with Gasteiger partial charge in [-0.25, -0.2) is 9.37 Å². The van der Waals surface area contributed by atoms with Crippen LogP contribution in [0.2, 0.25) is 0 Å². The largest absolute Gasteiger partial charge is 0.388 e.